The number of aliphatic hydroxyl groups excluding tert-OH is 1. The van der Waals surface area contributed by atoms with Gasteiger partial charge in [-0.1, -0.05) is 12.1 Å². The van der Waals surface area contributed by atoms with Crippen molar-refractivity contribution in [2.45, 2.75) is 12.5 Å². The maximum atomic E-state index is 10.8. The van der Waals surface area contributed by atoms with Crippen LogP contribution in [0, 0.1) is 11.3 Å². The lowest BCUT2D eigenvalue weighted by molar-refractivity contribution is 0.106. The van der Waals surface area contributed by atoms with Crippen LogP contribution in [0.2, 0.25) is 0 Å². The predicted molar refractivity (Wildman–Crippen MR) is 79.1 cm³/mol. The Balaban J connectivity index is 2.21. The second-order valence-corrected chi connectivity index (χ2v) is 5.96. The van der Waals surface area contributed by atoms with E-state index in [1.807, 2.05) is 6.07 Å². The van der Waals surface area contributed by atoms with E-state index in [1.165, 1.54) is 0 Å². The van der Waals surface area contributed by atoms with E-state index in [4.69, 9.17) is 10.00 Å². The molecule has 110 valence electrons. The van der Waals surface area contributed by atoms with Crippen molar-refractivity contribution in [3.8, 4) is 11.8 Å². The van der Waals surface area contributed by atoms with Crippen LogP contribution in [0.4, 0.5) is 0 Å². The van der Waals surface area contributed by atoms with Crippen LogP contribution in [0.25, 0.3) is 0 Å². The third kappa shape index (κ3) is 6.66. The molecule has 0 aromatic heterocycles. The lowest BCUT2D eigenvalue weighted by Crippen LogP contribution is -2.32. The summed E-state index contributed by atoms with van der Waals surface area (Å²) in [6.45, 7) is 1.25. The third-order valence-electron chi connectivity index (χ3n) is 2.60. The number of ether oxygens (including phenoxy) is 1. The molecule has 0 aliphatic carbocycles. The highest BCUT2D eigenvalue weighted by atomic mass is 32.2. The van der Waals surface area contributed by atoms with Crippen LogP contribution >= 0.6 is 0 Å². The van der Waals surface area contributed by atoms with Crippen LogP contribution in [0.1, 0.15) is 12.0 Å². The minimum atomic E-state index is -0.770. The normalized spacial score (nSPS) is 13.4. The second kappa shape index (κ2) is 9.48. The molecule has 0 saturated heterocycles. The fraction of sp³-hybridized carbons (Fsp3) is 0.500. The maximum absolute atomic E-state index is 10.8. The fourth-order valence-electron chi connectivity index (χ4n) is 1.60. The molecule has 0 fully saturated rings. The molecule has 2 N–H and O–H groups in total. The Morgan fingerprint density at radius 1 is 1.50 bits per heavy atom. The smallest absolute Gasteiger partial charge is 0.137 e. The number of hydrogen-bond donors (Lipinski definition) is 2. The van der Waals surface area contributed by atoms with E-state index >= 15 is 0 Å². The van der Waals surface area contributed by atoms with E-state index in [1.54, 1.807) is 30.5 Å². The summed E-state index contributed by atoms with van der Waals surface area (Å²) in [4.78, 5) is 0. The molecule has 0 amide bonds. The first-order valence-corrected chi connectivity index (χ1v) is 8.17. The summed E-state index contributed by atoms with van der Waals surface area (Å²) in [5, 5.41) is 21.7. The molecule has 0 bridgehead atoms. The summed E-state index contributed by atoms with van der Waals surface area (Å²) in [5.41, 5.74) is 0.457. The van der Waals surface area contributed by atoms with Crippen molar-refractivity contribution < 1.29 is 14.1 Å². The first kappa shape index (κ1) is 16.6. The van der Waals surface area contributed by atoms with Crippen LogP contribution in [-0.4, -0.2) is 47.1 Å². The summed E-state index contributed by atoms with van der Waals surface area (Å²) in [6, 6.07) is 8.96. The van der Waals surface area contributed by atoms with E-state index in [9.17, 15) is 9.32 Å². The van der Waals surface area contributed by atoms with Crippen molar-refractivity contribution in [3.05, 3.63) is 29.8 Å². The minimum absolute atomic E-state index is 0.130. The van der Waals surface area contributed by atoms with E-state index < -0.39 is 16.9 Å². The molecule has 6 heteroatoms. The van der Waals surface area contributed by atoms with Gasteiger partial charge in [0.05, 0.1) is 5.56 Å². The van der Waals surface area contributed by atoms with Gasteiger partial charge in [-0.15, -0.1) is 0 Å². The number of benzene rings is 1. The molecule has 20 heavy (non-hydrogen) atoms. The van der Waals surface area contributed by atoms with Gasteiger partial charge in [0.1, 0.15) is 24.5 Å². The molecule has 0 spiro atoms. The van der Waals surface area contributed by atoms with Crippen molar-refractivity contribution in [1.82, 2.24) is 5.32 Å². The summed E-state index contributed by atoms with van der Waals surface area (Å²) in [5.74, 6) is 1.14. The van der Waals surface area contributed by atoms with E-state index in [0.29, 0.717) is 30.2 Å². The van der Waals surface area contributed by atoms with Gasteiger partial charge in [0.15, 0.2) is 0 Å². The first-order valence-electron chi connectivity index (χ1n) is 6.44. The largest absolute Gasteiger partial charge is 0.489 e. The maximum Gasteiger partial charge on any atom is 0.137 e. The van der Waals surface area contributed by atoms with Crippen LogP contribution in [-0.2, 0) is 10.8 Å². The molecule has 1 aromatic carbocycles. The molecule has 0 heterocycles. The van der Waals surface area contributed by atoms with Crippen molar-refractivity contribution >= 4 is 10.8 Å². The van der Waals surface area contributed by atoms with E-state index in [0.717, 1.165) is 6.42 Å². The minimum Gasteiger partial charge on any atom is -0.489 e. The lowest BCUT2D eigenvalue weighted by Gasteiger charge is -2.13. The van der Waals surface area contributed by atoms with Gasteiger partial charge in [-0.2, -0.15) is 5.26 Å². The molecule has 0 saturated carbocycles. The van der Waals surface area contributed by atoms with Crippen molar-refractivity contribution in [2.75, 3.05) is 31.7 Å². The standard InChI is InChI=1S/C14H20N2O3S/c1-20(18)8-4-7-16-10-13(17)11-19-14-6-3-2-5-12(14)9-15/h2-3,5-6,13,16-17H,4,7-8,10-11H2,1H3. The van der Waals surface area contributed by atoms with Gasteiger partial charge in [-0.05, 0) is 25.1 Å². The van der Waals surface area contributed by atoms with Gasteiger partial charge in [0.2, 0.25) is 0 Å². The second-order valence-electron chi connectivity index (χ2n) is 4.41. The zero-order valence-corrected chi connectivity index (χ0v) is 12.4. The molecular weight excluding hydrogens is 276 g/mol. The Labute approximate surface area is 122 Å². The highest BCUT2D eigenvalue weighted by Gasteiger charge is 2.07. The lowest BCUT2D eigenvalue weighted by atomic mass is 10.2. The Kier molecular flexibility index (Phi) is 7.88. The molecule has 1 rings (SSSR count). The number of nitrogens with one attached hydrogen (secondary N) is 1. The summed E-state index contributed by atoms with van der Waals surface area (Å²) < 4.78 is 16.3. The molecule has 0 aliphatic heterocycles. The molecule has 0 radical (unpaired) electrons. The quantitative estimate of drug-likeness (QED) is 0.654. The number of nitrogens with zero attached hydrogens (tertiary/aromatic N) is 1. The molecule has 2 atom stereocenters. The fourth-order valence-corrected chi connectivity index (χ4v) is 2.15. The summed E-state index contributed by atoms with van der Waals surface area (Å²) in [6.07, 6.45) is 1.84. The third-order valence-corrected chi connectivity index (χ3v) is 3.47. The molecule has 0 aliphatic rings. The average molecular weight is 296 g/mol. The van der Waals surface area contributed by atoms with Crippen LogP contribution in [0.5, 0.6) is 5.75 Å². The first-order chi connectivity index (χ1) is 9.63. The van der Waals surface area contributed by atoms with Crippen molar-refractivity contribution in [2.24, 2.45) is 0 Å². The predicted octanol–water partition coefficient (Wildman–Crippen LogP) is 0.656. The van der Waals surface area contributed by atoms with E-state index in [2.05, 4.69) is 5.32 Å². The SMILES string of the molecule is CS(=O)CCCNCC(O)COc1ccccc1C#N. The van der Waals surface area contributed by atoms with Gasteiger partial charge < -0.3 is 15.2 Å². The number of aliphatic hydroxyl groups is 1. The van der Waals surface area contributed by atoms with Gasteiger partial charge in [-0.3, -0.25) is 4.21 Å². The number of rotatable bonds is 9. The van der Waals surface area contributed by atoms with Gasteiger partial charge >= 0.3 is 0 Å². The van der Waals surface area contributed by atoms with Crippen LogP contribution in [0.3, 0.4) is 0 Å². The van der Waals surface area contributed by atoms with Gasteiger partial charge in [-0.25, -0.2) is 0 Å². The van der Waals surface area contributed by atoms with Crippen molar-refractivity contribution in [1.29, 1.82) is 5.26 Å². The summed E-state index contributed by atoms with van der Waals surface area (Å²) in [7, 11) is -0.770. The number of hydrogen-bond acceptors (Lipinski definition) is 5. The zero-order chi connectivity index (χ0) is 14.8. The molecular formula is C14H20N2O3S. The van der Waals surface area contributed by atoms with Crippen molar-refractivity contribution in [3.63, 3.8) is 0 Å². The monoisotopic (exact) mass is 296 g/mol. The molecule has 5 nitrogen and oxygen atoms in total. The Hall–Kier alpha value is -1.42. The zero-order valence-electron chi connectivity index (χ0n) is 11.5. The Bertz CT molecular complexity index is 474. The number of nitriles is 1. The highest BCUT2D eigenvalue weighted by molar-refractivity contribution is 7.84. The van der Waals surface area contributed by atoms with Gasteiger partial charge in [0, 0.05) is 29.4 Å². The topological polar surface area (TPSA) is 82.3 Å². The molecule has 1 aromatic rings. The Morgan fingerprint density at radius 3 is 2.95 bits per heavy atom. The van der Waals surface area contributed by atoms with E-state index in [-0.39, 0.29) is 6.61 Å². The number of para-hydroxylation sites is 1. The van der Waals surface area contributed by atoms with Gasteiger partial charge in [0.25, 0.3) is 0 Å². The molecule has 2 unspecified atom stereocenters. The Morgan fingerprint density at radius 2 is 2.25 bits per heavy atom. The summed E-state index contributed by atoms with van der Waals surface area (Å²) >= 11 is 0. The highest BCUT2D eigenvalue weighted by Crippen LogP contribution is 2.16. The average Bonchev–Trinajstić information content (AvgIpc) is 2.44. The van der Waals surface area contributed by atoms with Crippen LogP contribution in [0.15, 0.2) is 24.3 Å². The van der Waals surface area contributed by atoms with Crippen LogP contribution < -0.4 is 10.1 Å².